The van der Waals surface area contributed by atoms with Crippen LogP contribution >= 0.6 is 24.8 Å². The van der Waals surface area contributed by atoms with Crippen LogP contribution in [0.4, 0.5) is 0 Å². The third-order valence-corrected chi connectivity index (χ3v) is 1.33. The zero-order valence-corrected chi connectivity index (χ0v) is 10.9. The van der Waals surface area contributed by atoms with Crippen molar-refractivity contribution in [3.63, 3.8) is 0 Å². The van der Waals surface area contributed by atoms with Crippen molar-refractivity contribution in [3.05, 3.63) is 0 Å². The molecule has 4 N–H and O–H groups in total. The Morgan fingerprint density at radius 1 is 0.941 bits per heavy atom. The minimum Gasteiger partial charge on any atom is -0.381 e. The van der Waals surface area contributed by atoms with Crippen molar-refractivity contribution >= 4 is 44.3 Å². The minimum atomic E-state index is -1.24. The van der Waals surface area contributed by atoms with Gasteiger partial charge >= 0.3 is 7.69 Å². The monoisotopic (exact) mass is 292 g/mol. The fourth-order valence-corrected chi connectivity index (χ4v) is 0.696. The number of halogens is 2. The van der Waals surface area contributed by atoms with Gasteiger partial charge in [-0.25, -0.2) is 0 Å². The van der Waals surface area contributed by atoms with Crippen LogP contribution in [-0.4, -0.2) is 46.3 Å². The quantitative estimate of drug-likeness (QED) is 0.396. The normalized spacial score (nSPS) is 12.6. The van der Waals surface area contributed by atoms with E-state index in [1.807, 2.05) is 0 Å². The van der Waals surface area contributed by atoms with Gasteiger partial charge in [-0.1, -0.05) is 0 Å². The largest absolute Gasteiger partial charge is 0.442 e. The maximum Gasteiger partial charge on any atom is 0.442 e. The Labute approximate surface area is 111 Å². The van der Waals surface area contributed by atoms with Crippen molar-refractivity contribution < 1.29 is 28.4 Å². The lowest BCUT2D eigenvalue weighted by atomic mass is 10.3. The van der Waals surface area contributed by atoms with Gasteiger partial charge in [-0.3, -0.25) is 9.59 Å². The van der Waals surface area contributed by atoms with Crippen molar-refractivity contribution in [3.8, 4) is 0 Å². The Kier molecular flexibility index (Phi) is 15.2. The summed E-state index contributed by atoms with van der Waals surface area (Å²) in [5.74, 6) is -1.62. The van der Waals surface area contributed by atoms with E-state index in [1.165, 1.54) is 14.2 Å². The van der Waals surface area contributed by atoms with Gasteiger partial charge in [-0.15, -0.1) is 24.8 Å². The van der Waals surface area contributed by atoms with E-state index in [2.05, 4.69) is 9.47 Å². The van der Waals surface area contributed by atoms with E-state index < -0.39 is 32.1 Å². The Hall–Kier alpha value is -0.575. The molecule has 0 aromatic rings. The van der Waals surface area contributed by atoms with E-state index >= 15 is 0 Å². The SMILES string of the molecule is COC(OBOC(OC)C(N)=O)C(N)=O.Cl.Cl. The number of amides is 2. The molecule has 0 fully saturated rings. The first-order valence-corrected chi connectivity index (χ1v) is 3.90. The van der Waals surface area contributed by atoms with Gasteiger partial charge in [0.05, 0.1) is 0 Å². The van der Waals surface area contributed by atoms with Crippen LogP contribution in [0.15, 0.2) is 0 Å². The van der Waals surface area contributed by atoms with E-state index in [0.29, 0.717) is 0 Å². The second-order valence-corrected chi connectivity index (χ2v) is 2.39. The molecule has 0 heterocycles. The fourth-order valence-electron chi connectivity index (χ4n) is 0.696. The summed E-state index contributed by atoms with van der Waals surface area (Å²) in [6.07, 6.45) is -2.48. The lowest BCUT2D eigenvalue weighted by Crippen LogP contribution is -2.38. The van der Waals surface area contributed by atoms with E-state index in [1.54, 1.807) is 0 Å². The van der Waals surface area contributed by atoms with Crippen LogP contribution in [0.2, 0.25) is 0 Å². The summed E-state index contributed by atoms with van der Waals surface area (Å²) >= 11 is 0. The first kappa shape index (κ1) is 21.7. The Morgan fingerprint density at radius 2 is 1.24 bits per heavy atom. The molecule has 0 radical (unpaired) electrons. The second kappa shape index (κ2) is 11.9. The highest BCUT2D eigenvalue weighted by Gasteiger charge is 2.19. The predicted octanol–water partition coefficient (Wildman–Crippen LogP) is -1.95. The molecular weight excluding hydrogens is 278 g/mol. The first-order chi connectivity index (χ1) is 7.02. The molecule has 11 heteroatoms. The number of hydrogen-bond donors (Lipinski definition) is 2. The molecule has 0 spiro atoms. The van der Waals surface area contributed by atoms with E-state index in [0.717, 1.165) is 0 Å². The van der Waals surface area contributed by atoms with Gasteiger partial charge < -0.3 is 30.2 Å². The van der Waals surface area contributed by atoms with Crippen LogP contribution in [0.3, 0.4) is 0 Å². The van der Waals surface area contributed by atoms with Crippen LogP contribution in [-0.2, 0) is 28.4 Å². The third kappa shape index (κ3) is 9.16. The van der Waals surface area contributed by atoms with E-state index in [-0.39, 0.29) is 24.8 Å². The van der Waals surface area contributed by atoms with E-state index in [9.17, 15) is 9.59 Å². The summed E-state index contributed by atoms with van der Waals surface area (Å²) in [5.41, 5.74) is 9.78. The summed E-state index contributed by atoms with van der Waals surface area (Å²) in [6.45, 7) is 0. The molecule has 2 amide bonds. The number of rotatable bonds is 8. The molecule has 0 aliphatic carbocycles. The maximum atomic E-state index is 10.6. The minimum absolute atomic E-state index is 0. The first-order valence-electron chi connectivity index (χ1n) is 3.90. The second-order valence-electron chi connectivity index (χ2n) is 2.39. The molecule has 0 saturated heterocycles. The van der Waals surface area contributed by atoms with Gasteiger partial charge in [0.25, 0.3) is 11.8 Å². The van der Waals surface area contributed by atoms with Gasteiger partial charge in [-0.05, 0) is 0 Å². The van der Waals surface area contributed by atoms with Gasteiger partial charge in [0, 0.05) is 14.2 Å². The van der Waals surface area contributed by atoms with Crippen LogP contribution in [0.5, 0.6) is 0 Å². The molecule has 0 aromatic heterocycles. The molecule has 17 heavy (non-hydrogen) atoms. The lowest BCUT2D eigenvalue weighted by molar-refractivity contribution is -0.154. The summed E-state index contributed by atoms with van der Waals surface area (Å²) in [5, 5.41) is 0. The van der Waals surface area contributed by atoms with Crippen molar-refractivity contribution in [1.82, 2.24) is 0 Å². The van der Waals surface area contributed by atoms with Gasteiger partial charge in [0.15, 0.2) is 0 Å². The Morgan fingerprint density at radius 3 is 1.41 bits per heavy atom. The number of carbonyl (C=O) groups excluding carboxylic acids is 2. The third-order valence-electron chi connectivity index (χ3n) is 1.33. The molecule has 0 saturated carbocycles. The number of methoxy groups -OCH3 is 2. The fraction of sp³-hybridized carbons (Fsp3) is 0.667. The number of carbonyl (C=O) groups is 2. The highest BCUT2D eigenvalue weighted by Crippen LogP contribution is 1.94. The molecule has 2 unspecified atom stereocenters. The zero-order valence-electron chi connectivity index (χ0n) is 9.28. The Balaban J connectivity index is -0.000000980. The van der Waals surface area contributed by atoms with Crippen molar-refractivity contribution in [2.24, 2.45) is 11.5 Å². The summed E-state index contributed by atoms with van der Waals surface area (Å²) in [7, 11) is 2.05. The number of hydrogen-bond acceptors (Lipinski definition) is 6. The number of ether oxygens (including phenoxy) is 2. The summed E-state index contributed by atoms with van der Waals surface area (Å²) < 4.78 is 18.6. The molecule has 0 rings (SSSR count). The molecule has 0 aliphatic heterocycles. The smallest absolute Gasteiger partial charge is 0.381 e. The van der Waals surface area contributed by atoms with Crippen LogP contribution in [0, 0.1) is 0 Å². The molecule has 2 atom stereocenters. The summed E-state index contributed by atoms with van der Waals surface area (Å²) in [6, 6.07) is 0. The Bertz CT molecular complexity index is 213. The number of nitrogens with two attached hydrogens (primary N) is 2. The van der Waals surface area contributed by atoms with Gasteiger partial charge in [0.1, 0.15) is 0 Å². The van der Waals surface area contributed by atoms with Gasteiger partial charge in [-0.2, -0.15) is 0 Å². The molecular formula is C6H15BCl2N2O6. The highest BCUT2D eigenvalue weighted by molar-refractivity contribution is 6.19. The van der Waals surface area contributed by atoms with Crippen LogP contribution in [0.1, 0.15) is 0 Å². The van der Waals surface area contributed by atoms with Crippen LogP contribution < -0.4 is 11.5 Å². The van der Waals surface area contributed by atoms with Crippen LogP contribution in [0.25, 0.3) is 0 Å². The van der Waals surface area contributed by atoms with Crippen molar-refractivity contribution in [1.29, 1.82) is 0 Å². The molecule has 0 bridgehead atoms. The standard InChI is InChI=1S/C6H13BN2O6.2ClH/c1-12-5(3(8)10)14-7-15-6(13-2)4(9)11;;/h5-7H,1-2H3,(H2,8,10)(H2,9,11);2*1H. The average Bonchev–Trinajstić information content (AvgIpc) is 2.17. The highest BCUT2D eigenvalue weighted by atomic mass is 35.5. The predicted molar refractivity (Wildman–Crippen MR) is 63.8 cm³/mol. The molecule has 102 valence electrons. The lowest BCUT2D eigenvalue weighted by Gasteiger charge is -2.15. The summed E-state index contributed by atoms with van der Waals surface area (Å²) in [4.78, 5) is 21.2. The molecule has 0 aromatic carbocycles. The van der Waals surface area contributed by atoms with Crippen molar-refractivity contribution in [2.75, 3.05) is 14.2 Å². The zero-order chi connectivity index (χ0) is 11.8. The van der Waals surface area contributed by atoms with E-state index in [4.69, 9.17) is 20.8 Å². The topological polar surface area (TPSA) is 123 Å². The maximum absolute atomic E-state index is 10.6. The van der Waals surface area contributed by atoms with Gasteiger partial charge in [0.2, 0.25) is 12.6 Å². The molecule has 8 nitrogen and oxygen atoms in total. The molecule has 0 aliphatic rings. The number of primary amides is 2. The average molecular weight is 293 g/mol. The van der Waals surface area contributed by atoms with Crippen molar-refractivity contribution in [2.45, 2.75) is 12.6 Å².